The molecule has 0 aliphatic rings. The van der Waals surface area contributed by atoms with Gasteiger partial charge in [0.15, 0.2) is 5.13 Å². The molecule has 98 valence electrons. The Bertz CT molecular complexity index is 723. The van der Waals surface area contributed by atoms with Crippen LogP contribution in [0.1, 0.15) is 11.3 Å². The van der Waals surface area contributed by atoms with Gasteiger partial charge in [-0.15, -0.1) is 11.3 Å². The molecule has 2 heterocycles. The first-order valence-electron chi connectivity index (χ1n) is 6.07. The number of thiazole rings is 1. The number of nitriles is 1. The Morgan fingerprint density at radius 2 is 2.10 bits per heavy atom. The van der Waals surface area contributed by atoms with Crippen LogP contribution in [0.5, 0.6) is 0 Å². The maximum absolute atomic E-state index is 8.78. The average molecular weight is 281 g/mol. The predicted octanol–water partition coefficient (Wildman–Crippen LogP) is 3.89. The Morgan fingerprint density at radius 1 is 1.25 bits per heavy atom. The smallest absolute Gasteiger partial charge is 0.183 e. The van der Waals surface area contributed by atoms with Gasteiger partial charge in [0, 0.05) is 10.9 Å². The largest absolute Gasteiger partial charge is 0.467 e. The fraction of sp³-hybridized carbons (Fsp3) is 0.0667. The van der Waals surface area contributed by atoms with Crippen molar-refractivity contribution in [2.24, 2.45) is 0 Å². The summed E-state index contributed by atoms with van der Waals surface area (Å²) in [5.74, 6) is 0.875. The van der Waals surface area contributed by atoms with Gasteiger partial charge >= 0.3 is 0 Å². The van der Waals surface area contributed by atoms with E-state index in [0.29, 0.717) is 12.1 Å². The lowest BCUT2D eigenvalue weighted by Crippen LogP contribution is -1.97. The van der Waals surface area contributed by atoms with Crippen LogP contribution < -0.4 is 5.32 Å². The second-order valence-electron chi connectivity index (χ2n) is 4.16. The molecule has 1 N–H and O–H groups in total. The highest BCUT2D eigenvalue weighted by molar-refractivity contribution is 7.14. The van der Waals surface area contributed by atoms with Crippen LogP contribution in [-0.2, 0) is 6.54 Å². The van der Waals surface area contributed by atoms with Crippen molar-refractivity contribution >= 4 is 16.5 Å². The minimum Gasteiger partial charge on any atom is -0.467 e. The molecular weight excluding hydrogens is 270 g/mol. The molecular formula is C15H11N3OS. The minimum absolute atomic E-state index is 0.618. The molecule has 0 aliphatic heterocycles. The van der Waals surface area contributed by atoms with Crippen molar-refractivity contribution in [2.45, 2.75) is 6.54 Å². The number of hydrogen-bond donors (Lipinski definition) is 1. The van der Waals surface area contributed by atoms with E-state index >= 15 is 0 Å². The van der Waals surface area contributed by atoms with Gasteiger partial charge in [-0.25, -0.2) is 4.98 Å². The summed E-state index contributed by atoms with van der Waals surface area (Å²) in [4.78, 5) is 4.52. The topological polar surface area (TPSA) is 61.9 Å². The van der Waals surface area contributed by atoms with E-state index in [0.717, 1.165) is 22.1 Å². The molecule has 0 saturated carbocycles. The van der Waals surface area contributed by atoms with Crippen LogP contribution in [-0.4, -0.2) is 4.98 Å². The molecule has 0 saturated heterocycles. The van der Waals surface area contributed by atoms with E-state index in [-0.39, 0.29) is 0 Å². The Balaban J connectivity index is 1.71. The second kappa shape index (κ2) is 5.59. The standard InChI is InChI=1S/C15H11N3OS/c16-8-11-3-5-12(6-4-11)14-10-20-15(18-14)17-9-13-2-1-7-19-13/h1-7,10H,9H2,(H,17,18). The number of benzene rings is 1. The van der Waals surface area contributed by atoms with Crippen LogP contribution in [0.15, 0.2) is 52.5 Å². The number of rotatable bonds is 4. The SMILES string of the molecule is N#Cc1ccc(-c2csc(NCc3ccco3)n2)cc1. The summed E-state index contributed by atoms with van der Waals surface area (Å²) in [7, 11) is 0. The van der Waals surface area contributed by atoms with E-state index in [4.69, 9.17) is 9.68 Å². The normalized spacial score (nSPS) is 10.2. The summed E-state index contributed by atoms with van der Waals surface area (Å²) in [5.41, 5.74) is 2.56. The van der Waals surface area contributed by atoms with Gasteiger partial charge in [-0.1, -0.05) is 12.1 Å². The predicted molar refractivity (Wildman–Crippen MR) is 78.3 cm³/mol. The van der Waals surface area contributed by atoms with E-state index in [1.54, 1.807) is 29.7 Å². The number of hydrogen-bond acceptors (Lipinski definition) is 5. The summed E-state index contributed by atoms with van der Waals surface area (Å²) in [6.07, 6.45) is 1.65. The van der Waals surface area contributed by atoms with Crippen molar-refractivity contribution in [3.63, 3.8) is 0 Å². The van der Waals surface area contributed by atoms with Crippen LogP contribution >= 0.6 is 11.3 Å². The zero-order chi connectivity index (χ0) is 13.8. The molecule has 0 unspecified atom stereocenters. The van der Waals surface area contributed by atoms with Gasteiger partial charge in [-0.3, -0.25) is 0 Å². The van der Waals surface area contributed by atoms with Gasteiger partial charge in [-0.05, 0) is 24.3 Å². The van der Waals surface area contributed by atoms with Crippen molar-refractivity contribution in [3.05, 3.63) is 59.4 Å². The lowest BCUT2D eigenvalue weighted by atomic mass is 10.1. The Morgan fingerprint density at radius 3 is 2.80 bits per heavy atom. The van der Waals surface area contributed by atoms with Crippen LogP contribution in [0.3, 0.4) is 0 Å². The summed E-state index contributed by atoms with van der Waals surface area (Å²) in [6, 6.07) is 13.3. The Labute approximate surface area is 120 Å². The van der Waals surface area contributed by atoms with Crippen molar-refractivity contribution < 1.29 is 4.42 Å². The highest BCUT2D eigenvalue weighted by Crippen LogP contribution is 2.25. The first kappa shape index (κ1) is 12.5. The molecule has 0 bridgehead atoms. The number of furan rings is 1. The molecule has 4 nitrogen and oxygen atoms in total. The third kappa shape index (κ3) is 2.71. The molecule has 0 fully saturated rings. The van der Waals surface area contributed by atoms with Crippen molar-refractivity contribution in [1.29, 1.82) is 5.26 Å². The maximum Gasteiger partial charge on any atom is 0.183 e. The highest BCUT2D eigenvalue weighted by Gasteiger charge is 2.05. The molecule has 3 aromatic rings. The van der Waals surface area contributed by atoms with Gasteiger partial charge in [0.25, 0.3) is 0 Å². The third-order valence-corrected chi connectivity index (χ3v) is 3.61. The highest BCUT2D eigenvalue weighted by atomic mass is 32.1. The van der Waals surface area contributed by atoms with E-state index in [9.17, 15) is 0 Å². The third-order valence-electron chi connectivity index (χ3n) is 2.81. The van der Waals surface area contributed by atoms with E-state index in [1.165, 1.54) is 0 Å². The van der Waals surface area contributed by atoms with Crippen LogP contribution in [0.4, 0.5) is 5.13 Å². The van der Waals surface area contributed by atoms with E-state index in [1.807, 2.05) is 29.6 Å². The molecule has 3 rings (SSSR count). The number of aromatic nitrogens is 1. The number of nitrogens with one attached hydrogen (secondary N) is 1. The van der Waals surface area contributed by atoms with Gasteiger partial charge in [-0.2, -0.15) is 5.26 Å². The van der Waals surface area contributed by atoms with Crippen molar-refractivity contribution in [2.75, 3.05) is 5.32 Å². The van der Waals surface area contributed by atoms with Crippen LogP contribution in [0.2, 0.25) is 0 Å². The van der Waals surface area contributed by atoms with Gasteiger partial charge < -0.3 is 9.73 Å². The molecule has 1 aromatic carbocycles. The molecule has 20 heavy (non-hydrogen) atoms. The molecule has 5 heteroatoms. The van der Waals surface area contributed by atoms with Gasteiger partial charge in [0.1, 0.15) is 5.76 Å². The lowest BCUT2D eigenvalue weighted by Gasteiger charge is -1.99. The quantitative estimate of drug-likeness (QED) is 0.788. The zero-order valence-corrected chi connectivity index (χ0v) is 11.4. The molecule has 0 spiro atoms. The summed E-state index contributed by atoms with van der Waals surface area (Å²) >= 11 is 1.55. The number of nitrogens with zero attached hydrogens (tertiary/aromatic N) is 2. The zero-order valence-electron chi connectivity index (χ0n) is 10.5. The van der Waals surface area contributed by atoms with Gasteiger partial charge in [0.05, 0.1) is 30.1 Å². The average Bonchev–Trinajstić information content (AvgIpc) is 3.17. The fourth-order valence-corrected chi connectivity index (χ4v) is 2.50. The monoisotopic (exact) mass is 281 g/mol. The minimum atomic E-state index is 0.618. The summed E-state index contributed by atoms with van der Waals surface area (Å²) in [6.45, 7) is 0.618. The molecule has 0 radical (unpaired) electrons. The van der Waals surface area contributed by atoms with Crippen molar-refractivity contribution in [3.8, 4) is 17.3 Å². The lowest BCUT2D eigenvalue weighted by molar-refractivity contribution is 0.518. The Kier molecular flexibility index (Phi) is 3.48. The van der Waals surface area contributed by atoms with Crippen molar-refractivity contribution in [1.82, 2.24) is 4.98 Å². The summed E-state index contributed by atoms with van der Waals surface area (Å²) in [5, 5.41) is 14.8. The van der Waals surface area contributed by atoms with E-state index < -0.39 is 0 Å². The summed E-state index contributed by atoms with van der Waals surface area (Å²) < 4.78 is 5.26. The first-order valence-corrected chi connectivity index (χ1v) is 6.95. The van der Waals surface area contributed by atoms with E-state index in [2.05, 4.69) is 16.4 Å². The molecule has 0 atom stereocenters. The van der Waals surface area contributed by atoms with Crippen LogP contribution in [0.25, 0.3) is 11.3 Å². The Hall–Kier alpha value is -2.58. The number of anilines is 1. The maximum atomic E-state index is 8.78. The fourth-order valence-electron chi connectivity index (χ4n) is 1.78. The van der Waals surface area contributed by atoms with Crippen LogP contribution in [0, 0.1) is 11.3 Å². The second-order valence-corrected chi connectivity index (χ2v) is 5.02. The first-order chi connectivity index (χ1) is 9.85. The molecule has 0 amide bonds. The van der Waals surface area contributed by atoms with Gasteiger partial charge in [0.2, 0.25) is 0 Å². The molecule has 2 aromatic heterocycles. The molecule has 0 aliphatic carbocycles.